The van der Waals surface area contributed by atoms with Crippen LogP contribution < -0.4 is 10.6 Å². The number of aliphatic carboxylic acids is 1. The van der Waals surface area contributed by atoms with E-state index >= 15 is 0 Å². The van der Waals surface area contributed by atoms with Crippen LogP contribution in [0.25, 0.3) is 0 Å². The molecule has 0 unspecified atom stereocenters. The van der Waals surface area contributed by atoms with E-state index in [1.54, 1.807) is 0 Å². The lowest BCUT2D eigenvalue weighted by atomic mass is 10.0. The summed E-state index contributed by atoms with van der Waals surface area (Å²) >= 11 is 1.87. The third-order valence-electron chi connectivity index (χ3n) is 4.55. The Kier molecular flexibility index (Phi) is 8.31. The third-order valence-corrected chi connectivity index (χ3v) is 6.05. The molecule has 134 valence electrons. The number of fused-ring (bicyclic) bond motifs is 1. The lowest BCUT2D eigenvalue weighted by Gasteiger charge is -2.16. The van der Waals surface area contributed by atoms with Crippen molar-refractivity contribution in [2.75, 3.05) is 5.75 Å². The fourth-order valence-corrected chi connectivity index (χ4v) is 4.77. The van der Waals surface area contributed by atoms with E-state index in [0.29, 0.717) is 5.25 Å². The molecule has 0 radical (unpaired) electrons. The zero-order chi connectivity index (χ0) is 17.2. The molecule has 0 aromatic carbocycles. The molecule has 5 nitrogen and oxygen atoms in total. The van der Waals surface area contributed by atoms with Gasteiger partial charge in [-0.05, 0) is 25.7 Å². The van der Waals surface area contributed by atoms with E-state index in [1.807, 2.05) is 11.8 Å². The number of unbranched alkanes of at least 4 members (excludes halogenated alkanes) is 1. The highest BCUT2D eigenvalue weighted by Crippen LogP contribution is 2.33. The topological polar surface area (TPSA) is 78.4 Å². The van der Waals surface area contributed by atoms with Gasteiger partial charge < -0.3 is 15.7 Å². The average Bonchev–Trinajstić information content (AvgIpc) is 3.03. The van der Waals surface area contributed by atoms with Crippen molar-refractivity contribution in [3.8, 4) is 11.8 Å². The van der Waals surface area contributed by atoms with Gasteiger partial charge in [-0.15, -0.1) is 11.8 Å². The normalized spacial score (nSPS) is 28.0. The number of nitrogens with one attached hydrogen (secondary N) is 2. The number of hydrogen-bond acceptors (Lipinski definition) is 3. The number of carboxylic acids is 1. The predicted octanol–water partition coefficient (Wildman–Crippen LogP) is 3.14. The van der Waals surface area contributed by atoms with Crippen LogP contribution in [-0.4, -0.2) is 40.2 Å². The lowest BCUT2D eigenvalue weighted by Crippen LogP contribution is -2.36. The summed E-state index contributed by atoms with van der Waals surface area (Å²) in [5, 5.41) is 14.8. The zero-order valence-electron chi connectivity index (χ0n) is 14.2. The molecule has 0 saturated carbocycles. The molecule has 2 aliphatic heterocycles. The standard InChI is InChI=1S/C10H16N2O3S.C8H12/c13-8(14)4-2-1-3-7-9-6(5-16-7)11-10(15)12-9;1-2-4-6-8-7-5-3-1/h6-7,9H,1-5H2,(H,13,14)(H2,11,12,15);1-6H2/t6-,7-,9-;/m0./s1. The lowest BCUT2D eigenvalue weighted by molar-refractivity contribution is -0.137. The van der Waals surface area contributed by atoms with Gasteiger partial charge in [-0.25, -0.2) is 4.79 Å². The van der Waals surface area contributed by atoms with Gasteiger partial charge in [-0.1, -0.05) is 19.3 Å². The summed E-state index contributed by atoms with van der Waals surface area (Å²) in [6, 6.07) is 0.440. The van der Waals surface area contributed by atoms with Crippen molar-refractivity contribution in [3.05, 3.63) is 0 Å². The fourth-order valence-electron chi connectivity index (χ4n) is 3.22. The van der Waals surface area contributed by atoms with Crippen LogP contribution in [0.3, 0.4) is 0 Å². The van der Waals surface area contributed by atoms with Crippen molar-refractivity contribution >= 4 is 23.8 Å². The summed E-state index contributed by atoms with van der Waals surface area (Å²) in [5.41, 5.74) is 0. The second-order valence-corrected chi connectivity index (χ2v) is 7.80. The van der Waals surface area contributed by atoms with E-state index in [4.69, 9.17) is 5.11 Å². The third kappa shape index (κ3) is 6.64. The molecule has 3 aliphatic rings. The number of amides is 2. The molecule has 3 atom stereocenters. The van der Waals surface area contributed by atoms with E-state index in [2.05, 4.69) is 22.5 Å². The minimum absolute atomic E-state index is 0.0640. The van der Waals surface area contributed by atoms with Gasteiger partial charge >= 0.3 is 12.0 Å². The molecular formula is C18H28N2O3S. The van der Waals surface area contributed by atoms with Crippen molar-refractivity contribution < 1.29 is 14.7 Å². The van der Waals surface area contributed by atoms with Crippen molar-refractivity contribution in [1.29, 1.82) is 0 Å². The summed E-state index contributed by atoms with van der Waals surface area (Å²) in [6.07, 6.45) is 10.6. The smallest absolute Gasteiger partial charge is 0.315 e. The molecule has 2 heterocycles. The number of hydrogen-bond donors (Lipinski definition) is 3. The van der Waals surface area contributed by atoms with Crippen LogP contribution in [0.1, 0.15) is 64.2 Å². The van der Waals surface area contributed by atoms with E-state index in [1.165, 1.54) is 25.7 Å². The minimum atomic E-state index is -0.729. The predicted molar refractivity (Wildman–Crippen MR) is 97.1 cm³/mol. The minimum Gasteiger partial charge on any atom is -0.481 e. The number of carbonyl (C=O) groups is 2. The monoisotopic (exact) mass is 352 g/mol. The van der Waals surface area contributed by atoms with Crippen molar-refractivity contribution in [3.63, 3.8) is 0 Å². The van der Waals surface area contributed by atoms with Gasteiger partial charge in [-0.3, -0.25) is 4.79 Å². The summed E-state index contributed by atoms with van der Waals surface area (Å²) < 4.78 is 0. The summed E-state index contributed by atoms with van der Waals surface area (Å²) in [4.78, 5) is 21.5. The highest BCUT2D eigenvalue weighted by Gasteiger charge is 2.42. The van der Waals surface area contributed by atoms with Crippen molar-refractivity contribution in [1.82, 2.24) is 10.6 Å². The molecule has 3 rings (SSSR count). The second kappa shape index (κ2) is 10.5. The highest BCUT2D eigenvalue weighted by molar-refractivity contribution is 8.00. The van der Waals surface area contributed by atoms with E-state index in [9.17, 15) is 9.59 Å². The Morgan fingerprint density at radius 2 is 1.83 bits per heavy atom. The largest absolute Gasteiger partial charge is 0.481 e. The molecule has 0 aromatic heterocycles. The van der Waals surface area contributed by atoms with E-state index in [-0.39, 0.29) is 24.5 Å². The van der Waals surface area contributed by atoms with Gasteiger partial charge in [0.25, 0.3) is 0 Å². The van der Waals surface area contributed by atoms with Gasteiger partial charge in [0.1, 0.15) is 0 Å². The number of thioether (sulfide) groups is 1. The average molecular weight is 353 g/mol. The Bertz CT molecular complexity index is 474. The first kappa shape index (κ1) is 19.0. The Morgan fingerprint density at radius 3 is 2.50 bits per heavy atom. The van der Waals surface area contributed by atoms with Gasteiger partial charge in [0.05, 0.1) is 12.1 Å². The molecular weight excluding hydrogens is 324 g/mol. The molecule has 2 amide bonds. The van der Waals surface area contributed by atoms with Crippen molar-refractivity contribution in [2.45, 2.75) is 81.5 Å². The maximum Gasteiger partial charge on any atom is 0.315 e. The molecule has 2 saturated heterocycles. The molecule has 0 bridgehead atoms. The SMILES string of the molecule is C1#CCCCCCC1.O=C(O)CCCC[C@@H]1SC[C@@H]2NC(=O)N[C@@H]21. The number of urea groups is 1. The molecule has 24 heavy (non-hydrogen) atoms. The van der Waals surface area contributed by atoms with Crippen LogP contribution in [0.2, 0.25) is 0 Å². The summed E-state index contributed by atoms with van der Waals surface area (Å²) in [7, 11) is 0. The first-order valence-corrected chi connectivity index (χ1v) is 10.1. The molecule has 2 fully saturated rings. The van der Waals surface area contributed by atoms with Gasteiger partial charge in [0, 0.05) is 30.3 Å². The van der Waals surface area contributed by atoms with E-state index < -0.39 is 5.97 Å². The zero-order valence-corrected chi connectivity index (χ0v) is 15.0. The Labute approximate surface area is 148 Å². The molecule has 0 spiro atoms. The first-order valence-electron chi connectivity index (χ1n) is 9.03. The fraction of sp³-hybridized carbons (Fsp3) is 0.778. The Morgan fingerprint density at radius 1 is 1.12 bits per heavy atom. The quantitative estimate of drug-likeness (QED) is 0.403. The Hall–Kier alpha value is -1.35. The van der Waals surface area contributed by atoms with Crippen LogP contribution in [0.5, 0.6) is 0 Å². The molecule has 3 N–H and O–H groups in total. The summed E-state index contributed by atoms with van der Waals surface area (Å²) in [5.74, 6) is 6.51. The maximum absolute atomic E-state index is 11.1. The van der Waals surface area contributed by atoms with Gasteiger partial charge in [0.2, 0.25) is 0 Å². The van der Waals surface area contributed by atoms with Crippen LogP contribution >= 0.6 is 11.8 Å². The molecule has 6 heteroatoms. The highest BCUT2D eigenvalue weighted by atomic mass is 32.2. The van der Waals surface area contributed by atoms with Crippen LogP contribution in [0, 0.1) is 11.8 Å². The number of carbonyl (C=O) groups excluding carboxylic acids is 1. The Balaban J connectivity index is 0.000000219. The first-order chi connectivity index (χ1) is 11.7. The van der Waals surface area contributed by atoms with Crippen LogP contribution in [-0.2, 0) is 4.79 Å². The van der Waals surface area contributed by atoms with Gasteiger partial charge in [0.15, 0.2) is 0 Å². The number of rotatable bonds is 5. The van der Waals surface area contributed by atoms with Gasteiger partial charge in [-0.2, -0.15) is 11.8 Å². The van der Waals surface area contributed by atoms with Crippen LogP contribution in [0.4, 0.5) is 4.79 Å². The second-order valence-electron chi connectivity index (χ2n) is 6.53. The molecule has 0 aromatic rings. The maximum atomic E-state index is 11.1. The summed E-state index contributed by atoms with van der Waals surface area (Å²) in [6.45, 7) is 0. The van der Waals surface area contributed by atoms with Crippen molar-refractivity contribution in [2.24, 2.45) is 0 Å². The van der Waals surface area contributed by atoms with Crippen LogP contribution in [0.15, 0.2) is 0 Å². The molecule has 1 aliphatic carbocycles. The number of carboxylic acid groups (broad SMARTS) is 1. The van der Waals surface area contributed by atoms with E-state index in [0.717, 1.165) is 37.9 Å².